The fraction of sp³-hybridized carbons (Fsp3) is 0.385. The molecule has 0 fully saturated rings. The number of rotatable bonds is 5. The highest BCUT2D eigenvalue weighted by atomic mass is 16.6. The Balaban J connectivity index is 2.35. The molecule has 0 amide bonds. The third kappa shape index (κ3) is 2.93. The number of nitro benzene ring substituents is 1. The summed E-state index contributed by atoms with van der Waals surface area (Å²) in [5, 5.41) is 17.9. The van der Waals surface area contributed by atoms with Crippen LogP contribution in [0.1, 0.15) is 19.7 Å². The molecule has 7 heteroatoms. The number of nitro groups is 1. The lowest BCUT2D eigenvalue weighted by Gasteiger charge is -2.02. The normalized spacial score (nSPS) is 10.8. The Morgan fingerprint density at radius 2 is 2.20 bits per heavy atom. The Morgan fingerprint density at radius 3 is 2.80 bits per heavy atom. The molecular formula is C13H16N4O3. The van der Waals surface area contributed by atoms with Crippen molar-refractivity contribution in [2.45, 2.75) is 20.3 Å². The first-order valence-electron chi connectivity index (χ1n) is 6.25. The van der Waals surface area contributed by atoms with Crippen molar-refractivity contribution in [1.29, 1.82) is 0 Å². The Bertz CT molecular complexity index is 622. The third-order valence-electron chi connectivity index (χ3n) is 2.77. The van der Waals surface area contributed by atoms with E-state index < -0.39 is 4.92 Å². The van der Waals surface area contributed by atoms with Crippen LogP contribution >= 0.6 is 0 Å². The molecule has 0 atom stereocenters. The van der Waals surface area contributed by atoms with E-state index >= 15 is 0 Å². The van der Waals surface area contributed by atoms with Gasteiger partial charge in [0.15, 0.2) is 11.6 Å². The Hall–Kier alpha value is -2.44. The second-order valence-corrected chi connectivity index (χ2v) is 4.85. The van der Waals surface area contributed by atoms with Crippen LogP contribution in [0, 0.1) is 16.0 Å². The van der Waals surface area contributed by atoms with Crippen molar-refractivity contribution in [3.63, 3.8) is 0 Å². The Kier molecular flexibility index (Phi) is 3.97. The van der Waals surface area contributed by atoms with Crippen LogP contribution in [0.4, 0.5) is 5.69 Å². The van der Waals surface area contributed by atoms with Gasteiger partial charge in [0.1, 0.15) is 5.82 Å². The highest BCUT2D eigenvalue weighted by Gasteiger charge is 2.17. The molecule has 0 saturated carbocycles. The zero-order valence-electron chi connectivity index (χ0n) is 11.6. The van der Waals surface area contributed by atoms with Gasteiger partial charge in [-0.2, -0.15) is 5.10 Å². The number of aromatic amines is 1. The van der Waals surface area contributed by atoms with Gasteiger partial charge in [-0.05, 0) is 18.1 Å². The van der Waals surface area contributed by atoms with E-state index in [1.807, 2.05) is 0 Å². The average molecular weight is 276 g/mol. The Morgan fingerprint density at radius 1 is 1.45 bits per heavy atom. The zero-order chi connectivity index (χ0) is 14.7. The number of nitrogens with one attached hydrogen (secondary N) is 1. The molecule has 0 bridgehead atoms. The van der Waals surface area contributed by atoms with Crippen LogP contribution in [0.15, 0.2) is 18.2 Å². The summed E-state index contributed by atoms with van der Waals surface area (Å²) in [4.78, 5) is 14.9. The number of methoxy groups -OCH3 is 1. The summed E-state index contributed by atoms with van der Waals surface area (Å²) in [5.74, 6) is 1.90. The molecule has 0 saturated heterocycles. The topological polar surface area (TPSA) is 93.9 Å². The lowest BCUT2D eigenvalue weighted by molar-refractivity contribution is -0.385. The van der Waals surface area contributed by atoms with Gasteiger partial charge in [-0.25, -0.2) is 4.98 Å². The van der Waals surface area contributed by atoms with Gasteiger partial charge >= 0.3 is 5.69 Å². The Labute approximate surface area is 116 Å². The summed E-state index contributed by atoms with van der Waals surface area (Å²) in [7, 11) is 1.40. The SMILES string of the molecule is COc1ccc(-c2n[nH]c(CC(C)C)n2)cc1[N+](=O)[O-]. The van der Waals surface area contributed by atoms with Gasteiger partial charge in [-0.3, -0.25) is 15.2 Å². The number of aromatic nitrogens is 3. The van der Waals surface area contributed by atoms with Crippen LogP contribution < -0.4 is 4.74 Å². The maximum absolute atomic E-state index is 11.0. The largest absolute Gasteiger partial charge is 0.490 e. The molecule has 1 heterocycles. The maximum atomic E-state index is 11.0. The number of benzene rings is 1. The average Bonchev–Trinajstić information content (AvgIpc) is 2.85. The number of hydrogen-bond acceptors (Lipinski definition) is 5. The van der Waals surface area contributed by atoms with Crippen molar-refractivity contribution in [2.75, 3.05) is 7.11 Å². The minimum Gasteiger partial charge on any atom is -0.490 e. The smallest absolute Gasteiger partial charge is 0.311 e. The van der Waals surface area contributed by atoms with E-state index in [0.29, 0.717) is 17.3 Å². The molecule has 0 unspecified atom stereocenters. The molecular weight excluding hydrogens is 260 g/mol. The molecule has 7 nitrogen and oxygen atoms in total. The number of ether oxygens (including phenoxy) is 1. The van der Waals surface area contributed by atoms with Gasteiger partial charge in [0.25, 0.3) is 0 Å². The summed E-state index contributed by atoms with van der Waals surface area (Å²) in [6.45, 7) is 4.17. The lowest BCUT2D eigenvalue weighted by Crippen LogP contribution is -1.96. The summed E-state index contributed by atoms with van der Waals surface area (Å²) >= 11 is 0. The number of nitrogens with zero attached hydrogens (tertiary/aromatic N) is 3. The molecule has 1 aromatic heterocycles. The minimum absolute atomic E-state index is 0.0970. The van der Waals surface area contributed by atoms with E-state index in [1.165, 1.54) is 13.2 Å². The first-order valence-corrected chi connectivity index (χ1v) is 6.25. The molecule has 20 heavy (non-hydrogen) atoms. The molecule has 1 N–H and O–H groups in total. The molecule has 0 aliphatic heterocycles. The quantitative estimate of drug-likeness (QED) is 0.669. The van der Waals surface area contributed by atoms with Crippen LogP contribution in [-0.4, -0.2) is 27.2 Å². The predicted molar refractivity (Wildman–Crippen MR) is 73.6 cm³/mol. The van der Waals surface area contributed by atoms with Gasteiger partial charge in [0.2, 0.25) is 0 Å². The van der Waals surface area contributed by atoms with Crippen molar-refractivity contribution in [3.8, 4) is 17.1 Å². The second kappa shape index (κ2) is 5.68. The van der Waals surface area contributed by atoms with Gasteiger partial charge in [-0.15, -0.1) is 0 Å². The monoisotopic (exact) mass is 276 g/mol. The summed E-state index contributed by atoms with van der Waals surface area (Å²) < 4.78 is 4.97. The van der Waals surface area contributed by atoms with Gasteiger partial charge in [-0.1, -0.05) is 13.8 Å². The van der Waals surface area contributed by atoms with Crippen molar-refractivity contribution in [2.24, 2.45) is 5.92 Å². The molecule has 1 aromatic carbocycles. The van der Waals surface area contributed by atoms with E-state index in [-0.39, 0.29) is 11.4 Å². The van der Waals surface area contributed by atoms with Crippen LogP contribution in [0.5, 0.6) is 5.75 Å². The standard InChI is InChI=1S/C13H16N4O3/c1-8(2)6-12-14-13(16-15-12)9-4-5-11(20-3)10(7-9)17(18)19/h4-5,7-8H,6H2,1-3H3,(H,14,15,16). The lowest BCUT2D eigenvalue weighted by atomic mass is 10.1. The fourth-order valence-corrected chi connectivity index (χ4v) is 1.87. The first-order chi connectivity index (χ1) is 9.51. The van der Waals surface area contributed by atoms with E-state index in [1.54, 1.807) is 12.1 Å². The molecule has 0 radical (unpaired) electrons. The van der Waals surface area contributed by atoms with E-state index in [0.717, 1.165) is 12.2 Å². The van der Waals surface area contributed by atoms with Crippen LogP contribution in [0.3, 0.4) is 0 Å². The van der Waals surface area contributed by atoms with Gasteiger partial charge in [0.05, 0.1) is 12.0 Å². The van der Waals surface area contributed by atoms with Crippen LogP contribution in [-0.2, 0) is 6.42 Å². The number of H-pyrrole nitrogens is 1. The first kappa shape index (κ1) is 14.0. The van der Waals surface area contributed by atoms with Crippen molar-refractivity contribution in [3.05, 3.63) is 34.1 Å². The van der Waals surface area contributed by atoms with Gasteiger partial charge < -0.3 is 4.74 Å². The van der Waals surface area contributed by atoms with E-state index in [9.17, 15) is 10.1 Å². The molecule has 0 spiro atoms. The van der Waals surface area contributed by atoms with E-state index in [2.05, 4.69) is 29.0 Å². The molecule has 2 aromatic rings. The summed E-state index contributed by atoms with van der Waals surface area (Å²) in [6, 6.07) is 4.67. The zero-order valence-corrected chi connectivity index (χ0v) is 11.6. The fourth-order valence-electron chi connectivity index (χ4n) is 1.87. The van der Waals surface area contributed by atoms with Crippen LogP contribution in [0.25, 0.3) is 11.4 Å². The molecule has 0 aliphatic rings. The second-order valence-electron chi connectivity index (χ2n) is 4.85. The van der Waals surface area contributed by atoms with Crippen LogP contribution in [0.2, 0.25) is 0 Å². The van der Waals surface area contributed by atoms with E-state index in [4.69, 9.17) is 4.74 Å². The molecule has 2 rings (SSSR count). The highest BCUT2D eigenvalue weighted by molar-refractivity contribution is 5.63. The van der Waals surface area contributed by atoms with Crippen molar-refractivity contribution >= 4 is 5.69 Å². The number of hydrogen-bond donors (Lipinski definition) is 1. The summed E-state index contributed by atoms with van der Waals surface area (Å²) in [6.07, 6.45) is 0.783. The minimum atomic E-state index is -0.482. The maximum Gasteiger partial charge on any atom is 0.311 e. The van der Waals surface area contributed by atoms with Crippen molar-refractivity contribution < 1.29 is 9.66 Å². The molecule has 106 valence electrons. The van der Waals surface area contributed by atoms with Gasteiger partial charge in [0, 0.05) is 18.1 Å². The van der Waals surface area contributed by atoms with Crippen molar-refractivity contribution in [1.82, 2.24) is 15.2 Å². The molecule has 0 aliphatic carbocycles. The summed E-state index contributed by atoms with van der Waals surface area (Å²) in [5.41, 5.74) is 0.490. The third-order valence-corrected chi connectivity index (χ3v) is 2.77. The predicted octanol–water partition coefficient (Wildman–Crippen LogP) is 2.59. The highest BCUT2D eigenvalue weighted by Crippen LogP contribution is 2.30.